The summed E-state index contributed by atoms with van der Waals surface area (Å²) < 4.78 is 7.30. The highest BCUT2D eigenvalue weighted by Gasteiger charge is 2.23. The van der Waals surface area contributed by atoms with Crippen molar-refractivity contribution < 1.29 is 9.32 Å². The van der Waals surface area contributed by atoms with E-state index in [1.807, 2.05) is 35.9 Å². The Hall–Kier alpha value is -3.75. The molecule has 9 heteroatoms. The second-order valence-electron chi connectivity index (χ2n) is 6.76. The molecule has 0 saturated heterocycles. The van der Waals surface area contributed by atoms with Crippen LogP contribution in [0.1, 0.15) is 12.8 Å². The predicted octanol–water partition coefficient (Wildman–Crippen LogP) is 2.97. The lowest BCUT2D eigenvalue weighted by Crippen LogP contribution is -2.30. The van der Waals surface area contributed by atoms with Gasteiger partial charge in [-0.25, -0.2) is 14.8 Å². The van der Waals surface area contributed by atoms with Gasteiger partial charge in [-0.2, -0.15) is 4.98 Å². The van der Waals surface area contributed by atoms with Gasteiger partial charge in [-0.05, 0) is 31.0 Å². The maximum Gasteiger partial charge on any atom is 0.319 e. The molecule has 0 radical (unpaired) electrons. The standard InChI is InChI=1S/C19H17N7O2/c1-26-10-21-15-14(7-8-20-17(15)26)18-24-16(25-28-18)11-3-2-4-13(9-11)23-19(27)22-12-5-6-12/h2-4,7-10,12H,5-6H2,1H3,(H2,22,23,27). The van der Waals surface area contributed by atoms with Crippen LogP contribution in [0.25, 0.3) is 34.0 Å². The number of anilines is 1. The first-order valence-electron chi connectivity index (χ1n) is 8.95. The number of carbonyl (C=O) groups is 1. The first kappa shape index (κ1) is 16.4. The van der Waals surface area contributed by atoms with E-state index in [2.05, 4.69) is 30.7 Å². The van der Waals surface area contributed by atoms with Gasteiger partial charge in [0.15, 0.2) is 5.65 Å². The van der Waals surface area contributed by atoms with Gasteiger partial charge in [-0.3, -0.25) is 0 Å². The normalized spacial score (nSPS) is 13.6. The molecule has 0 atom stereocenters. The highest BCUT2D eigenvalue weighted by atomic mass is 16.5. The summed E-state index contributed by atoms with van der Waals surface area (Å²) in [7, 11) is 1.88. The molecule has 1 aromatic carbocycles. The zero-order valence-corrected chi connectivity index (χ0v) is 15.1. The molecule has 0 bridgehead atoms. The Bertz CT molecular complexity index is 1180. The van der Waals surface area contributed by atoms with E-state index in [0.29, 0.717) is 29.0 Å². The Kier molecular flexibility index (Phi) is 3.78. The fourth-order valence-corrected chi connectivity index (χ4v) is 2.97. The van der Waals surface area contributed by atoms with E-state index in [0.717, 1.165) is 29.6 Å². The van der Waals surface area contributed by atoms with Gasteiger partial charge in [0.05, 0.1) is 11.9 Å². The topological polar surface area (TPSA) is 111 Å². The number of carbonyl (C=O) groups excluding carboxylic acids is 1. The highest BCUT2D eigenvalue weighted by molar-refractivity contribution is 5.90. The van der Waals surface area contributed by atoms with Gasteiger partial charge in [0.25, 0.3) is 5.89 Å². The molecular weight excluding hydrogens is 358 g/mol. The van der Waals surface area contributed by atoms with E-state index in [9.17, 15) is 4.79 Å². The summed E-state index contributed by atoms with van der Waals surface area (Å²) in [6.45, 7) is 0. The molecule has 5 rings (SSSR count). The molecule has 0 spiro atoms. The van der Waals surface area contributed by atoms with Crippen molar-refractivity contribution in [3.05, 3.63) is 42.9 Å². The molecule has 140 valence electrons. The van der Waals surface area contributed by atoms with Gasteiger partial charge in [0, 0.05) is 30.5 Å². The molecule has 2 N–H and O–H groups in total. The minimum atomic E-state index is -0.206. The first-order chi connectivity index (χ1) is 13.7. The van der Waals surface area contributed by atoms with Crippen molar-refractivity contribution in [2.45, 2.75) is 18.9 Å². The summed E-state index contributed by atoms with van der Waals surface area (Å²) in [5.74, 6) is 0.799. The Balaban J connectivity index is 1.42. The predicted molar refractivity (Wildman–Crippen MR) is 102 cm³/mol. The summed E-state index contributed by atoms with van der Waals surface area (Å²) >= 11 is 0. The summed E-state index contributed by atoms with van der Waals surface area (Å²) in [5.41, 5.74) is 3.57. The van der Waals surface area contributed by atoms with Crippen LogP contribution in [-0.4, -0.2) is 36.7 Å². The number of rotatable bonds is 4. The first-order valence-corrected chi connectivity index (χ1v) is 8.95. The lowest BCUT2D eigenvalue weighted by molar-refractivity contribution is 0.251. The monoisotopic (exact) mass is 375 g/mol. The number of amides is 2. The maximum absolute atomic E-state index is 11.9. The molecule has 1 aliphatic carbocycles. The maximum atomic E-state index is 11.9. The third kappa shape index (κ3) is 3.07. The number of hydrogen-bond acceptors (Lipinski definition) is 6. The molecular formula is C19H17N7O2. The third-order valence-electron chi connectivity index (χ3n) is 4.55. The van der Waals surface area contributed by atoms with Gasteiger partial charge in [-0.1, -0.05) is 17.3 Å². The zero-order valence-electron chi connectivity index (χ0n) is 15.1. The molecule has 1 fully saturated rings. The van der Waals surface area contributed by atoms with Crippen molar-refractivity contribution in [2.75, 3.05) is 5.32 Å². The van der Waals surface area contributed by atoms with Crippen LogP contribution in [-0.2, 0) is 7.05 Å². The second kappa shape index (κ2) is 6.45. The number of imidazole rings is 1. The van der Waals surface area contributed by atoms with Crippen molar-refractivity contribution in [1.29, 1.82) is 0 Å². The van der Waals surface area contributed by atoms with Crippen LogP contribution in [0.4, 0.5) is 10.5 Å². The van der Waals surface area contributed by atoms with Crippen LogP contribution >= 0.6 is 0 Å². The van der Waals surface area contributed by atoms with E-state index in [1.54, 1.807) is 18.6 Å². The minimum Gasteiger partial charge on any atom is -0.335 e. The van der Waals surface area contributed by atoms with E-state index >= 15 is 0 Å². The highest BCUT2D eigenvalue weighted by Crippen LogP contribution is 2.28. The summed E-state index contributed by atoms with van der Waals surface area (Å²) in [6, 6.07) is 9.21. The number of nitrogens with zero attached hydrogens (tertiary/aromatic N) is 5. The Labute approximate surface area is 159 Å². The number of benzene rings is 1. The van der Waals surface area contributed by atoms with Gasteiger partial charge in [0.1, 0.15) is 5.52 Å². The molecule has 4 aromatic rings. The van der Waals surface area contributed by atoms with Crippen molar-refractivity contribution in [3.63, 3.8) is 0 Å². The number of aryl methyl sites for hydroxylation is 1. The number of urea groups is 1. The Morgan fingerprint density at radius 1 is 1.25 bits per heavy atom. The number of nitrogens with one attached hydrogen (secondary N) is 2. The second-order valence-corrected chi connectivity index (χ2v) is 6.76. The van der Waals surface area contributed by atoms with Crippen LogP contribution in [0.3, 0.4) is 0 Å². The molecule has 1 saturated carbocycles. The van der Waals surface area contributed by atoms with Gasteiger partial charge < -0.3 is 19.7 Å². The average Bonchev–Trinajstić information content (AvgIpc) is 3.23. The minimum absolute atomic E-state index is 0.206. The number of hydrogen-bond donors (Lipinski definition) is 2. The van der Waals surface area contributed by atoms with E-state index < -0.39 is 0 Å². The molecule has 9 nitrogen and oxygen atoms in total. The largest absolute Gasteiger partial charge is 0.335 e. The molecule has 3 aromatic heterocycles. The van der Waals surface area contributed by atoms with Gasteiger partial charge in [0.2, 0.25) is 5.82 Å². The fraction of sp³-hybridized carbons (Fsp3) is 0.211. The van der Waals surface area contributed by atoms with E-state index in [1.165, 1.54) is 0 Å². The number of aromatic nitrogens is 5. The number of fused-ring (bicyclic) bond motifs is 1. The van der Waals surface area contributed by atoms with Crippen molar-refractivity contribution in [3.8, 4) is 22.8 Å². The van der Waals surface area contributed by atoms with Crippen LogP contribution in [0.15, 0.2) is 47.4 Å². The van der Waals surface area contributed by atoms with Crippen LogP contribution in [0.5, 0.6) is 0 Å². The lowest BCUT2D eigenvalue weighted by Gasteiger charge is -2.07. The third-order valence-corrected chi connectivity index (χ3v) is 4.55. The Morgan fingerprint density at radius 2 is 2.14 bits per heavy atom. The molecule has 3 heterocycles. The molecule has 2 amide bonds. The quantitative estimate of drug-likeness (QED) is 0.567. The van der Waals surface area contributed by atoms with Crippen molar-refractivity contribution >= 4 is 22.9 Å². The van der Waals surface area contributed by atoms with Crippen molar-refractivity contribution in [1.82, 2.24) is 30.0 Å². The van der Waals surface area contributed by atoms with Gasteiger partial charge >= 0.3 is 6.03 Å². The zero-order chi connectivity index (χ0) is 19.1. The van der Waals surface area contributed by atoms with Crippen LogP contribution < -0.4 is 10.6 Å². The van der Waals surface area contributed by atoms with Gasteiger partial charge in [-0.15, -0.1) is 0 Å². The SMILES string of the molecule is Cn1cnc2c(-c3nc(-c4cccc(NC(=O)NC5CC5)c4)no3)ccnc21. The van der Waals surface area contributed by atoms with Crippen LogP contribution in [0.2, 0.25) is 0 Å². The Morgan fingerprint density at radius 3 is 3.00 bits per heavy atom. The fourth-order valence-electron chi connectivity index (χ4n) is 2.97. The van der Waals surface area contributed by atoms with E-state index in [4.69, 9.17) is 4.52 Å². The summed E-state index contributed by atoms with van der Waals surface area (Å²) in [5, 5.41) is 9.81. The molecule has 1 aliphatic rings. The molecule has 0 unspecified atom stereocenters. The average molecular weight is 375 g/mol. The molecule has 28 heavy (non-hydrogen) atoms. The summed E-state index contributed by atoms with van der Waals surface area (Å²) in [4.78, 5) is 25.1. The summed E-state index contributed by atoms with van der Waals surface area (Å²) in [6.07, 6.45) is 5.46. The van der Waals surface area contributed by atoms with Crippen LogP contribution in [0, 0.1) is 0 Å². The molecule has 0 aliphatic heterocycles. The smallest absolute Gasteiger partial charge is 0.319 e. The van der Waals surface area contributed by atoms with E-state index in [-0.39, 0.29) is 6.03 Å². The van der Waals surface area contributed by atoms with Crippen molar-refractivity contribution in [2.24, 2.45) is 7.05 Å². The lowest BCUT2D eigenvalue weighted by atomic mass is 10.2. The number of pyridine rings is 1.